The number of nitrogens with zero attached hydrogens (tertiary/aromatic N) is 1. The van der Waals surface area contributed by atoms with Crippen LogP contribution in [0.15, 0.2) is 0 Å². The van der Waals surface area contributed by atoms with Gasteiger partial charge in [0.25, 0.3) is 0 Å². The van der Waals surface area contributed by atoms with Gasteiger partial charge in [0.1, 0.15) is 0 Å². The van der Waals surface area contributed by atoms with Crippen LogP contribution in [0.3, 0.4) is 0 Å². The van der Waals surface area contributed by atoms with Crippen LogP contribution in [0.2, 0.25) is 0 Å². The van der Waals surface area contributed by atoms with E-state index in [2.05, 4.69) is 11.8 Å². The lowest BCUT2D eigenvalue weighted by Crippen LogP contribution is -2.36. The smallest absolute Gasteiger partial charge is 0.0947 e. The monoisotopic (exact) mass is 231 g/mol. The Morgan fingerprint density at radius 3 is 2.56 bits per heavy atom. The zero-order valence-corrected chi connectivity index (χ0v) is 10.7. The van der Waals surface area contributed by atoms with E-state index < -0.39 is 0 Å². The second kappa shape index (κ2) is 9.57. The van der Waals surface area contributed by atoms with Gasteiger partial charge in [-0.2, -0.15) is 0 Å². The third kappa shape index (κ3) is 7.62. The Balaban J connectivity index is 3.62. The summed E-state index contributed by atoms with van der Waals surface area (Å²) in [6, 6.07) is 0. The molecule has 5 nitrogen and oxygen atoms in total. The Morgan fingerprint density at radius 1 is 1.38 bits per heavy atom. The average molecular weight is 231 g/mol. The fourth-order valence-corrected chi connectivity index (χ4v) is 1.30. The van der Waals surface area contributed by atoms with Crippen LogP contribution >= 0.6 is 0 Å². The summed E-state index contributed by atoms with van der Waals surface area (Å²) in [7, 11) is 1.66. The maximum absolute atomic E-state index is 7.34. The van der Waals surface area contributed by atoms with Crippen molar-refractivity contribution in [2.45, 2.75) is 13.8 Å². The Hall–Kier alpha value is -0.650. The Bertz CT molecular complexity index is 188. The third-order valence-electron chi connectivity index (χ3n) is 2.49. The second-order valence-electron chi connectivity index (χ2n) is 3.85. The zero-order chi connectivity index (χ0) is 12.4. The summed E-state index contributed by atoms with van der Waals surface area (Å²) < 4.78 is 10.3. The summed E-state index contributed by atoms with van der Waals surface area (Å²) >= 11 is 0. The molecule has 1 unspecified atom stereocenters. The van der Waals surface area contributed by atoms with Gasteiger partial charge in [-0.3, -0.25) is 5.41 Å². The van der Waals surface area contributed by atoms with Crippen molar-refractivity contribution in [3.63, 3.8) is 0 Å². The summed E-state index contributed by atoms with van der Waals surface area (Å²) in [6.45, 7) is 8.68. The van der Waals surface area contributed by atoms with Crippen LogP contribution in [-0.2, 0) is 9.47 Å². The van der Waals surface area contributed by atoms with E-state index in [-0.39, 0.29) is 11.8 Å². The van der Waals surface area contributed by atoms with Crippen molar-refractivity contribution >= 4 is 5.84 Å². The molecule has 0 saturated carbocycles. The first kappa shape index (κ1) is 15.3. The predicted molar refractivity (Wildman–Crippen MR) is 65.9 cm³/mol. The van der Waals surface area contributed by atoms with E-state index >= 15 is 0 Å². The van der Waals surface area contributed by atoms with Gasteiger partial charge in [-0.1, -0.05) is 13.8 Å². The van der Waals surface area contributed by atoms with Gasteiger partial charge < -0.3 is 20.1 Å². The second-order valence-corrected chi connectivity index (χ2v) is 3.85. The van der Waals surface area contributed by atoms with E-state index in [0.29, 0.717) is 19.8 Å². The van der Waals surface area contributed by atoms with Gasteiger partial charge >= 0.3 is 0 Å². The van der Waals surface area contributed by atoms with Gasteiger partial charge in [0, 0.05) is 26.1 Å². The number of hydrogen-bond donors (Lipinski definition) is 2. The molecule has 0 aliphatic carbocycles. The summed E-state index contributed by atoms with van der Waals surface area (Å²) in [5, 5.41) is 7.34. The summed E-state index contributed by atoms with van der Waals surface area (Å²) in [6.07, 6.45) is 0. The zero-order valence-electron chi connectivity index (χ0n) is 10.7. The first-order valence-corrected chi connectivity index (χ1v) is 5.74. The molecule has 0 spiro atoms. The molecule has 0 amide bonds. The fraction of sp³-hybridized carbons (Fsp3) is 0.909. The van der Waals surface area contributed by atoms with Crippen LogP contribution in [0.25, 0.3) is 0 Å². The molecule has 0 aliphatic rings. The van der Waals surface area contributed by atoms with Gasteiger partial charge in [-0.05, 0) is 6.54 Å². The van der Waals surface area contributed by atoms with Crippen molar-refractivity contribution in [1.82, 2.24) is 4.90 Å². The van der Waals surface area contributed by atoms with E-state index in [1.54, 1.807) is 7.11 Å². The van der Waals surface area contributed by atoms with Crippen molar-refractivity contribution < 1.29 is 9.47 Å². The molecule has 0 aliphatic heterocycles. The molecule has 5 heteroatoms. The molecule has 96 valence electrons. The maximum Gasteiger partial charge on any atom is 0.0947 e. The van der Waals surface area contributed by atoms with Crippen LogP contribution in [0.5, 0.6) is 0 Å². The molecule has 0 aromatic carbocycles. The lowest BCUT2D eigenvalue weighted by molar-refractivity contribution is 0.0570. The van der Waals surface area contributed by atoms with Crippen LogP contribution in [0, 0.1) is 11.3 Å². The fourth-order valence-electron chi connectivity index (χ4n) is 1.30. The first-order chi connectivity index (χ1) is 7.61. The van der Waals surface area contributed by atoms with Crippen molar-refractivity contribution in [2.24, 2.45) is 11.7 Å². The minimum Gasteiger partial charge on any atom is -0.387 e. The standard InChI is InChI=1S/C11H25N3O2/c1-4-14(9-10(2)11(12)13)5-6-16-8-7-15-3/h10H,4-9H2,1-3H3,(H3,12,13). The van der Waals surface area contributed by atoms with E-state index in [9.17, 15) is 0 Å². The quantitative estimate of drug-likeness (QED) is 0.327. The van der Waals surface area contributed by atoms with Crippen LogP contribution in [0.1, 0.15) is 13.8 Å². The van der Waals surface area contributed by atoms with E-state index in [1.807, 2.05) is 6.92 Å². The van der Waals surface area contributed by atoms with Crippen molar-refractivity contribution in [3.05, 3.63) is 0 Å². The topological polar surface area (TPSA) is 71.6 Å². The highest BCUT2D eigenvalue weighted by Gasteiger charge is 2.10. The van der Waals surface area contributed by atoms with Gasteiger partial charge in [0.15, 0.2) is 0 Å². The highest BCUT2D eigenvalue weighted by Crippen LogP contribution is 1.99. The van der Waals surface area contributed by atoms with Crippen molar-refractivity contribution in [2.75, 3.05) is 46.6 Å². The molecule has 0 rings (SSSR count). The van der Waals surface area contributed by atoms with Crippen LogP contribution in [0.4, 0.5) is 0 Å². The molecule has 16 heavy (non-hydrogen) atoms. The average Bonchev–Trinajstić information content (AvgIpc) is 2.26. The number of nitrogens with one attached hydrogen (secondary N) is 1. The highest BCUT2D eigenvalue weighted by molar-refractivity contribution is 5.79. The molecule has 0 aromatic rings. The molecule has 0 fully saturated rings. The number of nitrogens with two attached hydrogens (primary N) is 1. The Morgan fingerprint density at radius 2 is 2.06 bits per heavy atom. The molecule has 0 heterocycles. The van der Waals surface area contributed by atoms with Crippen molar-refractivity contribution in [1.29, 1.82) is 5.41 Å². The third-order valence-corrected chi connectivity index (χ3v) is 2.49. The lowest BCUT2D eigenvalue weighted by atomic mass is 10.1. The minimum atomic E-state index is 0.110. The van der Waals surface area contributed by atoms with Crippen LogP contribution in [-0.4, -0.2) is 57.3 Å². The molecule has 0 saturated heterocycles. The number of ether oxygens (including phenoxy) is 2. The number of methoxy groups -OCH3 is 1. The number of likely N-dealkylation sites (N-methyl/N-ethyl adjacent to an activating group) is 1. The summed E-state index contributed by atoms with van der Waals surface area (Å²) in [5.74, 6) is 0.359. The largest absolute Gasteiger partial charge is 0.387 e. The Labute approximate surface area is 98.4 Å². The SMILES string of the molecule is CCN(CCOCCOC)CC(C)C(=N)N. The van der Waals surface area contributed by atoms with Crippen molar-refractivity contribution in [3.8, 4) is 0 Å². The van der Waals surface area contributed by atoms with E-state index in [0.717, 1.165) is 19.6 Å². The van der Waals surface area contributed by atoms with Gasteiger partial charge in [0.05, 0.1) is 25.7 Å². The summed E-state index contributed by atoms with van der Waals surface area (Å²) in [4.78, 5) is 2.23. The molecule has 1 atom stereocenters. The normalized spacial score (nSPS) is 13.0. The molecule has 0 bridgehead atoms. The van der Waals surface area contributed by atoms with Gasteiger partial charge in [-0.25, -0.2) is 0 Å². The molecular weight excluding hydrogens is 206 g/mol. The van der Waals surface area contributed by atoms with E-state index in [1.165, 1.54) is 0 Å². The Kier molecular flexibility index (Phi) is 9.18. The number of amidine groups is 1. The number of hydrogen-bond acceptors (Lipinski definition) is 4. The molecule has 3 N–H and O–H groups in total. The first-order valence-electron chi connectivity index (χ1n) is 5.74. The van der Waals surface area contributed by atoms with Gasteiger partial charge in [0.2, 0.25) is 0 Å². The minimum absolute atomic E-state index is 0.110. The molecule has 0 radical (unpaired) electrons. The van der Waals surface area contributed by atoms with Gasteiger partial charge in [-0.15, -0.1) is 0 Å². The van der Waals surface area contributed by atoms with Crippen LogP contribution < -0.4 is 5.73 Å². The maximum atomic E-state index is 7.34. The molecular formula is C11H25N3O2. The number of rotatable bonds is 10. The van der Waals surface area contributed by atoms with E-state index in [4.69, 9.17) is 20.6 Å². The highest BCUT2D eigenvalue weighted by atomic mass is 16.5. The lowest BCUT2D eigenvalue weighted by Gasteiger charge is -2.23. The predicted octanol–water partition coefficient (Wildman–Crippen LogP) is 0.543. The molecule has 0 aromatic heterocycles. The summed E-state index contributed by atoms with van der Waals surface area (Å²) in [5.41, 5.74) is 5.44.